The topological polar surface area (TPSA) is 54.9 Å². The summed E-state index contributed by atoms with van der Waals surface area (Å²) in [6.45, 7) is 8.66. The van der Waals surface area contributed by atoms with Gasteiger partial charge in [-0.2, -0.15) is 10.2 Å². The molecular formula is C13H21N3O. The molecule has 0 atom stereocenters. The number of amides is 1. The predicted molar refractivity (Wildman–Crippen MR) is 67.9 cm³/mol. The summed E-state index contributed by atoms with van der Waals surface area (Å²) in [7, 11) is 0. The number of aryl methyl sites for hydroxylation is 2. The molecule has 0 radical (unpaired) electrons. The van der Waals surface area contributed by atoms with E-state index in [4.69, 9.17) is 0 Å². The van der Waals surface area contributed by atoms with Gasteiger partial charge in [0.25, 0.3) is 5.91 Å². The van der Waals surface area contributed by atoms with E-state index >= 15 is 0 Å². The van der Waals surface area contributed by atoms with Crippen molar-refractivity contribution in [2.75, 3.05) is 6.54 Å². The van der Waals surface area contributed by atoms with Gasteiger partial charge in [-0.15, -0.1) is 0 Å². The molecule has 0 fully saturated rings. The van der Waals surface area contributed by atoms with Crippen LogP contribution in [0.2, 0.25) is 0 Å². The smallest absolute Gasteiger partial charge is 0.253 e. The molecule has 0 unspecified atom stereocenters. The van der Waals surface area contributed by atoms with Crippen molar-refractivity contribution in [1.29, 1.82) is 0 Å². The first-order valence-corrected chi connectivity index (χ1v) is 6.17. The largest absolute Gasteiger partial charge is 0.352 e. The lowest BCUT2D eigenvalue weighted by Gasteiger charge is -2.13. The van der Waals surface area contributed by atoms with Gasteiger partial charge >= 0.3 is 0 Å². The lowest BCUT2D eigenvalue weighted by molar-refractivity contribution is 0.0945. The third kappa shape index (κ3) is 3.80. The van der Waals surface area contributed by atoms with E-state index in [9.17, 15) is 4.79 Å². The highest BCUT2D eigenvalue weighted by Crippen LogP contribution is 2.08. The monoisotopic (exact) mass is 235 g/mol. The van der Waals surface area contributed by atoms with Gasteiger partial charge in [-0.05, 0) is 25.8 Å². The zero-order valence-corrected chi connectivity index (χ0v) is 11.1. The minimum atomic E-state index is -0.0487. The highest BCUT2D eigenvalue weighted by atomic mass is 16.1. The van der Waals surface area contributed by atoms with Crippen LogP contribution in [0.5, 0.6) is 0 Å². The van der Waals surface area contributed by atoms with Crippen molar-refractivity contribution in [3.8, 4) is 0 Å². The van der Waals surface area contributed by atoms with Crippen LogP contribution in [0.3, 0.4) is 0 Å². The summed E-state index contributed by atoms with van der Waals surface area (Å²) in [5, 5.41) is 10.8. The Morgan fingerprint density at radius 1 is 1.29 bits per heavy atom. The van der Waals surface area contributed by atoms with Crippen molar-refractivity contribution in [1.82, 2.24) is 15.5 Å². The molecular weight excluding hydrogens is 214 g/mol. The van der Waals surface area contributed by atoms with E-state index in [1.165, 1.54) is 0 Å². The molecule has 0 bridgehead atoms. The maximum absolute atomic E-state index is 12.0. The number of hydrogen-bond acceptors (Lipinski definition) is 3. The second kappa shape index (κ2) is 6.33. The lowest BCUT2D eigenvalue weighted by Crippen LogP contribution is -2.29. The summed E-state index contributed by atoms with van der Waals surface area (Å²) in [4.78, 5) is 12.0. The van der Waals surface area contributed by atoms with Crippen molar-refractivity contribution < 1.29 is 4.79 Å². The highest BCUT2D eigenvalue weighted by Gasteiger charge is 2.12. The van der Waals surface area contributed by atoms with Crippen LogP contribution < -0.4 is 5.32 Å². The molecule has 1 amide bonds. The van der Waals surface area contributed by atoms with Crippen molar-refractivity contribution in [2.45, 2.75) is 40.5 Å². The molecule has 0 aromatic carbocycles. The quantitative estimate of drug-likeness (QED) is 0.851. The fourth-order valence-electron chi connectivity index (χ4n) is 1.69. The summed E-state index contributed by atoms with van der Waals surface area (Å²) >= 11 is 0. The van der Waals surface area contributed by atoms with E-state index in [0.717, 1.165) is 25.1 Å². The molecule has 0 spiro atoms. The van der Waals surface area contributed by atoms with Gasteiger partial charge in [-0.1, -0.05) is 26.7 Å². The van der Waals surface area contributed by atoms with Crippen LogP contribution in [0.25, 0.3) is 0 Å². The Morgan fingerprint density at radius 2 is 1.94 bits per heavy atom. The second-order valence-electron chi connectivity index (χ2n) is 4.38. The van der Waals surface area contributed by atoms with E-state index < -0.39 is 0 Å². The minimum absolute atomic E-state index is 0.0487. The number of carbonyl (C=O) groups is 1. The maximum Gasteiger partial charge on any atom is 0.253 e. The maximum atomic E-state index is 12.0. The summed E-state index contributed by atoms with van der Waals surface area (Å²) in [6, 6.07) is 1.78. The SMILES string of the molecule is CCC(CC)CNC(=O)c1cc(C)nnc1C. The van der Waals surface area contributed by atoms with Crippen molar-refractivity contribution >= 4 is 5.91 Å². The van der Waals surface area contributed by atoms with Gasteiger partial charge in [0.1, 0.15) is 0 Å². The van der Waals surface area contributed by atoms with Gasteiger partial charge in [0.2, 0.25) is 0 Å². The van der Waals surface area contributed by atoms with E-state index in [1.807, 2.05) is 6.92 Å². The zero-order valence-electron chi connectivity index (χ0n) is 11.1. The molecule has 1 heterocycles. The molecule has 94 valence electrons. The third-order valence-electron chi connectivity index (χ3n) is 3.05. The molecule has 0 saturated carbocycles. The van der Waals surface area contributed by atoms with Crippen molar-refractivity contribution in [3.63, 3.8) is 0 Å². The van der Waals surface area contributed by atoms with Crippen LogP contribution in [-0.4, -0.2) is 22.6 Å². The summed E-state index contributed by atoms with van der Waals surface area (Å²) < 4.78 is 0. The van der Waals surface area contributed by atoms with Crippen LogP contribution in [0.4, 0.5) is 0 Å². The molecule has 1 rings (SSSR count). The Labute approximate surface area is 103 Å². The van der Waals surface area contributed by atoms with Crippen LogP contribution in [0.1, 0.15) is 48.4 Å². The normalized spacial score (nSPS) is 10.6. The van der Waals surface area contributed by atoms with Crippen molar-refractivity contribution in [2.24, 2.45) is 5.92 Å². The molecule has 0 aliphatic rings. The van der Waals surface area contributed by atoms with Crippen LogP contribution >= 0.6 is 0 Å². The standard InChI is InChI=1S/C13H21N3O/c1-5-11(6-2)8-14-13(17)12-7-9(3)15-16-10(12)4/h7,11H,5-6,8H2,1-4H3,(H,14,17). The van der Waals surface area contributed by atoms with Crippen molar-refractivity contribution in [3.05, 3.63) is 23.0 Å². The minimum Gasteiger partial charge on any atom is -0.352 e. The van der Waals surface area contributed by atoms with E-state index in [-0.39, 0.29) is 5.91 Å². The van der Waals surface area contributed by atoms with E-state index in [1.54, 1.807) is 13.0 Å². The molecule has 1 aromatic heterocycles. The molecule has 4 heteroatoms. The average Bonchev–Trinajstić information content (AvgIpc) is 2.33. The van der Waals surface area contributed by atoms with Crippen LogP contribution in [0.15, 0.2) is 6.07 Å². The fraction of sp³-hybridized carbons (Fsp3) is 0.615. The molecule has 1 N–H and O–H groups in total. The lowest BCUT2D eigenvalue weighted by atomic mass is 10.0. The molecule has 0 aliphatic heterocycles. The van der Waals surface area contributed by atoms with Gasteiger partial charge in [0.05, 0.1) is 17.0 Å². The summed E-state index contributed by atoms with van der Waals surface area (Å²) in [5.41, 5.74) is 2.07. The molecule has 1 aromatic rings. The van der Waals surface area contributed by atoms with Gasteiger partial charge in [0.15, 0.2) is 0 Å². The average molecular weight is 235 g/mol. The number of hydrogen-bond donors (Lipinski definition) is 1. The molecule has 17 heavy (non-hydrogen) atoms. The Balaban J connectivity index is 2.66. The fourth-order valence-corrected chi connectivity index (χ4v) is 1.69. The van der Waals surface area contributed by atoms with Gasteiger partial charge in [0, 0.05) is 6.54 Å². The Morgan fingerprint density at radius 3 is 2.53 bits per heavy atom. The number of nitrogens with one attached hydrogen (secondary N) is 1. The first-order valence-electron chi connectivity index (χ1n) is 6.17. The summed E-state index contributed by atoms with van der Waals surface area (Å²) in [6.07, 6.45) is 2.17. The Kier molecular flexibility index (Phi) is 5.07. The number of rotatable bonds is 5. The third-order valence-corrected chi connectivity index (χ3v) is 3.05. The number of nitrogens with zero attached hydrogens (tertiary/aromatic N) is 2. The van der Waals surface area contributed by atoms with Gasteiger partial charge in [-0.25, -0.2) is 0 Å². The number of carbonyl (C=O) groups excluding carboxylic acids is 1. The Hall–Kier alpha value is -1.45. The Bertz CT molecular complexity index is 386. The summed E-state index contributed by atoms with van der Waals surface area (Å²) in [5.74, 6) is 0.502. The van der Waals surface area contributed by atoms with Crippen LogP contribution in [0, 0.1) is 19.8 Å². The molecule has 0 aliphatic carbocycles. The first-order chi connectivity index (χ1) is 8.08. The molecule has 4 nitrogen and oxygen atoms in total. The first kappa shape index (κ1) is 13.6. The predicted octanol–water partition coefficient (Wildman–Crippen LogP) is 2.26. The highest BCUT2D eigenvalue weighted by molar-refractivity contribution is 5.95. The number of aromatic nitrogens is 2. The van der Waals surface area contributed by atoms with Crippen LogP contribution in [-0.2, 0) is 0 Å². The zero-order chi connectivity index (χ0) is 12.8. The van der Waals surface area contributed by atoms with E-state index in [2.05, 4.69) is 29.4 Å². The van der Waals surface area contributed by atoms with E-state index in [0.29, 0.717) is 17.2 Å². The van der Waals surface area contributed by atoms with Gasteiger partial charge < -0.3 is 5.32 Å². The second-order valence-corrected chi connectivity index (χ2v) is 4.38. The molecule has 0 saturated heterocycles. The van der Waals surface area contributed by atoms with Gasteiger partial charge in [-0.3, -0.25) is 4.79 Å².